The second-order valence-electron chi connectivity index (χ2n) is 8.12. The van der Waals surface area contributed by atoms with Crippen molar-refractivity contribution in [2.24, 2.45) is 22.9 Å². The lowest BCUT2D eigenvalue weighted by Crippen LogP contribution is -2.67. The zero-order valence-electron chi connectivity index (χ0n) is 17.8. The van der Waals surface area contributed by atoms with Gasteiger partial charge in [-0.2, -0.15) is 0 Å². The smallest absolute Gasteiger partial charge is 0.312 e. The molecule has 0 radical (unpaired) electrons. The first-order valence-corrected chi connectivity index (χ1v) is 10.1. The van der Waals surface area contributed by atoms with E-state index in [1.165, 1.54) is 19.1 Å². The summed E-state index contributed by atoms with van der Waals surface area (Å²) in [6.45, 7) is 1.54. The van der Waals surface area contributed by atoms with Crippen molar-refractivity contribution in [3.8, 4) is 0 Å². The molecule has 0 aromatic rings. The van der Waals surface area contributed by atoms with Crippen LogP contribution in [0.1, 0.15) is 26.2 Å². The molecule has 12 nitrogen and oxygen atoms in total. The Balaban J connectivity index is 2.14. The monoisotopic (exact) mass is 432 g/mol. The molecule has 174 valence electrons. The lowest BCUT2D eigenvalue weighted by Gasteiger charge is -2.48. The average Bonchev–Trinajstić information content (AvgIpc) is 2.69. The Morgan fingerprint density at radius 3 is 2.53 bits per heavy atom. The molecule has 0 bridgehead atoms. The van der Waals surface area contributed by atoms with E-state index in [0.717, 1.165) is 6.42 Å². The first-order chi connectivity index (χ1) is 14.1. The minimum Gasteiger partial charge on any atom is -0.388 e. The van der Waals surface area contributed by atoms with Gasteiger partial charge < -0.3 is 52.5 Å². The standard InChI is InChI=1S/C18H36N6O6/c1-8(19)11-5-4-9(20)17(29-11)30-16-10(21)6-12(28-3)14(15(16)26)24(2)13(25)7-23-18(22)27/h8-12,14-17,26H,4-7,19-21H2,1-3H3,(H3,22,23,27). The van der Waals surface area contributed by atoms with Crippen molar-refractivity contribution in [1.82, 2.24) is 10.2 Å². The number of hydrogen-bond acceptors (Lipinski definition) is 9. The summed E-state index contributed by atoms with van der Waals surface area (Å²) >= 11 is 0. The van der Waals surface area contributed by atoms with E-state index >= 15 is 0 Å². The molecule has 1 aliphatic carbocycles. The number of nitrogens with two attached hydrogens (primary N) is 4. The Labute approximate surface area is 176 Å². The number of likely N-dealkylation sites (N-methyl/N-ethyl adjacent to an activating group) is 1. The summed E-state index contributed by atoms with van der Waals surface area (Å²) in [5.41, 5.74) is 23.4. The number of carbonyl (C=O) groups excluding carboxylic acids is 2. The van der Waals surface area contributed by atoms with Crippen LogP contribution in [-0.2, 0) is 19.0 Å². The molecule has 2 aliphatic rings. The number of carbonyl (C=O) groups is 2. The van der Waals surface area contributed by atoms with E-state index in [1.807, 2.05) is 6.92 Å². The van der Waals surface area contributed by atoms with Crippen LogP contribution in [0, 0.1) is 0 Å². The van der Waals surface area contributed by atoms with E-state index in [1.54, 1.807) is 0 Å². The van der Waals surface area contributed by atoms with Crippen molar-refractivity contribution in [3.63, 3.8) is 0 Å². The minimum atomic E-state index is -1.17. The minimum absolute atomic E-state index is 0.194. The van der Waals surface area contributed by atoms with Crippen molar-refractivity contribution in [1.29, 1.82) is 0 Å². The number of aliphatic hydroxyl groups excluding tert-OH is 1. The van der Waals surface area contributed by atoms with Crippen LogP contribution in [-0.4, -0.2) is 97.5 Å². The molecule has 3 amide bonds. The molecule has 30 heavy (non-hydrogen) atoms. The highest BCUT2D eigenvalue weighted by atomic mass is 16.7. The van der Waals surface area contributed by atoms with Gasteiger partial charge in [-0.25, -0.2) is 4.79 Å². The summed E-state index contributed by atoms with van der Waals surface area (Å²) < 4.78 is 17.4. The number of aliphatic hydroxyl groups is 1. The van der Waals surface area contributed by atoms with Crippen molar-refractivity contribution < 1.29 is 28.9 Å². The fourth-order valence-corrected chi connectivity index (χ4v) is 4.07. The van der Waals surface area contributed by atoms with Crippen molar-refractivity contribution in [2.75, 3.05) is 20.7 Å². The van der Waals surface area contributed by atoms with Gasteiger partial charge in [0.2, 0.25) is 5.91 Å². The van der Waals surface area contributed by atoms with Crippen LogP contribution in [0.15, 0.2) is 0 Å². The SMILES string of the molecule is COC1CC(N)C(OC2OC(C(C)N)CCC2N)C(O)C1N(C)C(=O)CNC(N)=O. The predicted octanol–water partition coefficient (Wildman–Crippen LogP) is -2.85. The zero-order valence-corrected chi connectivity index (χ0v) is 17.8. The third kappa shape index (κ3) is 5.78. The molecule has 9 atom stereocenters. The highest BCUT2D eigenvalue weighted by Gasteiger charge is 2.48. The molecule has 0 aromatic heterocycles. The summed E-state index contributed by atoms with van der Waals surface area (Å²) in [5, 5.41) is 13.3. The van der Waals surface area contributed by atoms with Gasteiger partial charge in [0.15, 0.2) is 6.29 Å². The number of hydrogen-bond donors (Lipinski definition) is 6. The highest BCUT2D eigenvalue weighted by Crippen LogP contribution is 2.30. The largest absolute Gasteiger partial charge is 0.388 e. The second-order valence-corrected chi connectivity index (χ2v) is 8.12. The zero-order chi connectivity index (χ0) is 22.6. The maximum atomic E-state index is 12.5. The van der Waals surface area contributed by atoms with Gasteiger partial charge >= 0.3 is 6.03 Å². The van der Waals surface area contributed by atoms with Crippen LogP contribution in [0.25, 0.3) is 0 Å². The first kappa shape index (κ1) is 24.7. The van der Waals surface area contributed by atoms with Crippen LogP contribution in [0.2, 0.25) is 0 Å². The van der Waals surface area contributed by atoms with Gasteiger partial charge in [0.25, 0.3) is 0 Å². The lowest BCUT2D eigenvalue weighted by molar-refractivity contribution is -0.257. The number of nitrogens with one attached hydrogen (secondary N) is 1. The average molecular weight is 433 g/mol. The molecule has 1 saturated heterocycles. The number of ether oxygens (including phenoxy) is 3. The molecule has 10 N–H and O–H groups in total. The van der Waals surface area contributed by atoms with Crippen LogP contribution in [0.4, 0.5) is 4.79 Å². The van der Waals surface area contributed by atoms with Gasteiger partial charge in [0, 0.05) is 26.2 Å². The van der Waals surface area contributed by atoms with Crippen LogP contribution in [0.3, 0.4) is 0 Å². The van der Waals surface area contributed by atoms with E-state index in [-0.39, 0.29) is 18.7 Å². The maximum absolute atomic E-state index is 12.5. The molecule has 2 rings (SSSR count). The number of amides is 3. The first-order valence-electron chi connectivity index (χ1n) is 10.1. The van der Waals surface area contributed by atoms with Gasteiger partial charge in [-0.15, -0.1) is 0 Å². The molecule has 1 heterocycles. The van der Waals surface area contributed by atoms with E-state index in [0.29, 0.717) is 12.8 Å². The number of urea groups is 1. The molecule has 0 aromatic carbocycles. The van der Waals surface area contributed by atoms with Crippen LogP contribution < -0.4 is 28.3 Å². The Kier molecular flexibility index (Phi) is 8.79. The maximum Gasteiger partial charge on any atom is 0.312 e. The van der Waals surface area contributed by atoms with Crippen LogP contribution >= 0.6 is 0 Å². The fraction of sp³-hybridized carbons (Fsp3) is 0.889. The van der Waals surface area contributed by atoms with Crippen molar-refractivity contribution in [2.45, 2.75) is 81.1 Å². The van der Waals surface area contributed by atoms with Gasteiger partial charge in [0.1, 0.15) is 12.2 Å². The Hall–Kier alpha value is -1.54. The Bertz CT molecular complexity index is 596. The van der Waals surface area contributed by atoms with Crippen molar-refractivity contribution in [3.05, 3.63) is 0 Å². The number of methoxy groups -OCH3 is 1. The van der Waals surface area contributed by atoms with Gasteiger partial charge in [-0.3, -0.25) is 4.79 Å². The van der Waals surface area contributed by atoms with Gasteiger partial charge in [-0.1, -0.05) is 0 Å². The summed E-state index contributed by atoms with van der Waals surface area (Å²) in [5.74, 6) is -0.447. The summed E-state index contributed by atoms with van der Waals surface area (Å²) in [6.07, 6.45) is -1.82. The van der Waals surface area contributed by atoms with E-state index in [4.69, 9.17) is 37.1 Å². The lowest BCUT2D eigenvalue weighted by atomic mass is 9.83. The quantitative estimate of drug-likeness (QED) is 0.245. The van der Waals surface area contributed by atoms with Gasteiger partial charge in [0.05, 0.1) is 30.8 Å². The summed E-state index contributed by atoms with van der Waals surface area (Å²) in [6, 6.07) is -2.73. The third-order valence-electron chi connectivity index (χ3n) is 5.87. The third-order valence-corrected chi connectivity index (χ3v) is 5.87. The Morgan fingerprint density at radius 2 is 1.97 bits per heavy atom. The predicted molar refractivity (Wildman–Crippen MR) is 108 cm³/mol. The normalized spacial score (nSPS) is 38.0. The van der Waals surface area contributed by atoms with E-state index in [2.05, 4.69) is 5.32 Å². The van der Waals surface area contributed by atoms with Crippen LogP contribution in [0.5, 0.6) is 0 Å². The highest BCUT2D eigenvalue weighted by molar-refractivity contribution is 5.83. The molecule has 9 unspecified atom stereocenters. The van der Waals surface area contributed by atoms with Gasteiger partial charge in [-0.05, 0) is 26.2 Å². The molecule has 1 saturated carbocycles. The molecular weight excluding hydrogens is 396 g/mol. The molecule has 2 fully saturated rings. The second kappa shape index (κ2) is 10.7. The summed E-state index contributed by atoms with van der Waals surface area (Å²) in [4.78, 5) is 24.7. The fourth-order valence-electron chi connectivity index (χ4n) is 4.07. The molecular formula is C18H36N6O6. The number of rotatable bonds is 7. The van der Waals surface area contributed by atoms with E-state index in [9.17, 15) is 14.7 Å². The molecule has 1 aliphatic heterocycles. The topological polar surface area (TPSA) is 201 Å². The summed E-state index contributed by atoms with van der Waals surface area (Å²) in [7, 11) is 2.99. The van der Waals surface area contributed by atoms with Crippen molar-refractivity contribution >= 4 is 11.9 Å². The number of primary amides is 1. The molecule has 12 heteroatoms. The van der Waals surface area contributed by atoms with E-state index < -0.39 is 54.7 Å². The Morgan fingerprint density at radius 1 is 1.30 bits per heavy atom. The molecule has 0 spiro atoms. The number of nitrogens with zero attached hydrogens (tertiary/aromatic N) is 1.